The summed E-state index contributed by atoms with van der Waals surface area (Å²) in [5.41, 5.74) is 5.27. The molecule has 3 rings (SSSR count). The van der Waals surface area contributed by atoms with Crippen LogP contribution in [0.1, 0.15) is 12.0 Å². The summed E-state index contributed by atoms with van der Waals surface area (Å²) in [6.07, 6.45) is 0.910. The molecule has 1 fully saturated rings. The van der Waals surface area contributed by atoms with E-state index in [4.69, 9.17) is 5.73 Å². The number of H-pyrrole nitrogens is 1. The van der Waals surface area contributed by atoms with Crippen molar-refractivity contribution in [1.82, 2.24) is 10.2 Å². The van der Waals surface area contributed by atoms with E-state index >= 15 is 0 Å². The van der Waals surface area contributed by atoms with Gasteiger partial charge in [-0.25, -0.2) is 13.2 Å². The lowest BCUT2D eigenvalue weighted by Crippen LogP contribution is -2.27. The number of hydrogen-bond acceptors (Lipinski definition) is 2. The second kappa shape index (κ2) is 3.35. The number of nitrogens with one attached hydrogen (secondary N) is 1. The molecule has 94 valence electrons. The minimum Gasteiger partial charge on any atom is -0.316 e. The van der Waals surface area contributed by atoms with Gasteiger partial charge in [-0.3, -0.25) is 5.10 Å². The van der Waals surface area contributed by atoms with Crippen LogP contribution in [0, 0.1) is 5.82 Å². The van der Waals surface area contributed by atoms with Gasteiger partial charge in [-0.1, -0.05) is 0 Å². The first-order valence-electron chi connectivity index (χ1n) is 5.40. The fourth-order valence-corrected chi connectivity index (χ4v) is 2.06. The van der Waals surface area contributed by atoms with Crippen molar-refractivity contribution in [3.8, 4) is 11.3 Å². The lowest BCUT2D eigenvalue weighted by molar-refractivity contribution is 0.0892. The Morgan fingerprint density at radius 3 is 2.39 bits per heavy atom. The molecule has 1 aromatic carbocycles. The lowest BCUT2D eigenvalue weighted by atomic mass is 10.0. The second-order valence-electron chi connectivity index (χ2n) is 4.52. The predicted molar refractivity (Wildman–Crippen MR) is 59.4 cm³/mol. The van der Waals surface area contributed by atoms with Crippen molar-refractivity contribution in [3.63, 3.8) is 0 Å². The summed E-state index contributed by atoms with van der Waals surface area (Å²) in [7, 11) is 0. The van der Waals surface area contributed by atoms with Crippen LogP contribution in [0.5, 0.6) is 0 Å². The van der Waals surface area contributed by atoms with E-state index in [1.807, 2.05) is 0 Å². The molecule has 3 N–H and O–H groups in total. The standard InChI is InChI=1S/C12H10F3N3/c13-8-3-1-7(2-4-8)10-9(5-17-18-10)11(16)6-12(11,14)15/h1-5H,6,16H2,(H,17,18). The molecule has 0 spiro atoms. The molecule has 3 nitrogen and oxygen atoms in total. The van der Waals surface area contributed by atoms with Crippen molar-refractivity contribution in [2.45, 2.75) is 17.9 Å². The third kappa shape index (κ3) is 1.45. The number of alkyl halides is 2. The zero-order valence-corrected chi connectivity index (χ0v) is 9.25. The summed E-state index contributed by atoms with van der Waals surface area (Å²) in [4.78, 5) is 0. The fraction of sp³-hybridized carbons (Fsp3) is 0.250. The Kier molecular flexibility index (Phi) is 2.10. The van der Waals surface area contributed by atoms with E-state index in [0.717, 1.165) is 0 Å². The maximum absolute atomic E-state index is 13.3. The van der Waals surface area contributed by atoms with Crippen molar-refractivity contribution in [1.29, 1.82) is 0 Å². The zero-order chi connectivity index (χ0) is 13.0. The van der Waals surface area contributed by atoms with Crippen LogP contribution in [0.4, 0.5) is 13.2 Å². The number of halogens is 3. The Morgan fingerprint density at radius 2 is 1.83 bits per heavy atom. The summed E-state index contributed by atoms with van der Waals surface area (Å²) in [6.45, 7) is 0. The number of hydrogen-bond donors (Lipinski definition) is 2. The van der Waals surface area contributed by atoms with Crippen molar-refractivity contribution in [2.75, 3.05) is 0 Å². The van der Waals surface area contributed by atoms with E-state index in [9.17, 15) is 13.2 Å². The first-order valence-corrected chi connectivity index (χ1v) is 5.40. The molecule has 18 heavy (non-hydrogen) atoms. The molecule has 1 aliphatic rings. The Bertz CT molecular complexity index is 591. The van der Waals surface area contributed by atoms with E-state index in [-0.39, 0.29) is 11.4 Å². The molecule has 1 aromatic heterocycles. The molecule has 2 aromatic rings. The third-order valence-corrected chi connectivity index (χ3v) is 3.28. The van der Waals surface area contributed by atoms with Crippen LogP contribution in [0.15, 0.2) is 30.5 Å². The second-order valence-corrected chi connectivity index (χ2v) is 4.52. The quantitative estimate of drug-likeness (QED) is 0.863. The first-order chi connectivity index (χ1) is 8.44. The van der Waals surface area contributed by atoms with Crippen molar-refractivity contribution >= 4 is 0 Å². The van der Waals surface area contributed by atoms with Crippen molar-refractivity contribution in [3.05, 3.63) is 41.8 Å². The normalized spacial score (nSPS) is 25.1. The number of aromatic nitrogens is 2. The van der Waals surface area contributed by atoms with Gasteiger partial charge in [-0.05, 0) is 24.3 Å². The summed E-state index contributed by atoms with van der Waals surface area (Å²) in [6, 6.07) is 5.51. The van der Waals surface area contributed by atoms with Crippen LogP contribution < -0.4 is 5.73 Å². The zero-order valence-electron chi connectivity index (χ0n) is 9.25. The minimum atomic E-state index is -2.91. The number of aromatic amines is 1. The number of benzene rings is 1. The molecule has 6 heteroatoms. The topological polar surface area (TPSA) is 54.7 Å². The van der Waals surface area contributed by atoms with Crippen LogP contribution >= 0.6 is 0 Å². The molecule has 0 amide bonds. The Labute approximate surface area is 101 Å². The summed E-state index contributed by atoms with van der Waals surface area (Å²) in [5.74, 6) is -3.30. The summed E-state index contributed by atoms with van der Waals surface area (Å²) >= 11 is 0. The van der Waals surface area contributed by atoms with Crippen LogP contribution in [-0.2, 0) is 5.54 Å². The largest absolute Gasteiger partial charge is 0.316 e. The SMILES string of the molecule is NC1(c2cn[nH]c2-c2ccc(F)cc2)CC1(F)F. The van der Waals surface area contributed by atoms with Gasteiger partial charge in [0.2, 0.25) is 0 Å². The van der Waals surface area contributed by atoms with Crippen LogP contribution in [0.25, 0.3) is 11.3 Å². The van der Waals surface area contributed by atoms with Gasteiger partial charge in [0.05, 0.1) is 11.9 Å². The molecule has 0 aliphatic heterocycles. The van der Waals surface area contributed by atoms with Gasteiger partial charge in [-0.2, -0.15) is 5.10 Å². The molecular weight excluding hydrogens is 243 g/mol. The van der Waals surface area contributed by atoms with Crippen LogP contribution in [0.3, 0.4) is 0 Å². The molecule has 0 bridgehead atoms. The molecule has 1 aliphatic carbocycles. The van der Waals surface area contributed by atoms with Crippen molar-refractivity contribution in [2.24, 2.45) is 5.73 Å². The summed E-state index contributed by atoms with van der Waals surface area (Å²) < 4.78 is 39.4. The first kappa shape index (κ1) is 11.3. The predicted octanol–water partition coefficient (Wildman–Crippen LogP) is 2.41. The monoisotopic (exact) mass is 253 g/mol. The molecule has 0 saturated heterocycles. The number of nitrogens with two attached hydrogens (primary N) is 1. The smallest absolute Gasteiger partial charge is 0.272 e. The Balaban J connectivity index is 2.06. The Hall–Kier alpha value is -1.82. The number of rotatable bonds is 2. The fourth-order valence-electron chi connectivity index (χ4n) is 2.06. The highest BCUT2D eigenvalue weighted by atomic mass is 19.3. The van der Waals surface area contributed by atoms with Crippen LogP contribution in [0.2, 0.25) is 0 Å². The average molecular weight is 253 g/mol. The van der Waals surface area contributed by atoms with E-state index in [0.29, 0.717) is 11.3 Å². The molecule has 1 unspecified atom stereocenters. The molecule has 1 heterocycles. The average Bonchev–Trinajstić information content (AvgIpc) is 2.69. The van der Waals surface area contributed by atoms with Gasteiger partial charge >= 0.3 is 0 Å². The summed E-state index contributed by atoms with van der Waals surface area (Å²) in [5, 5.41) is 6.40. The molecule has 0 radical (unpaired) electrons. The van der Waals surface area contributed by atoms with Crippen molar-refractivity contribution < 1.29 is 13.2 Å². The van der Waals surface area contributed by atoms with E-state index in [1.54, 1.807) is 0 Å². The number of nitrogens with zero attached hydrogens (tertiary/aromatic N) is 1. The highest BCUT2D eigenvalue weighted by molar-refractivity contribution is 5.65. The van der Waals surface area contributed by atoms with E-state index in [2.05, 4.69) is 10.2 Å². The van der Waals surface area contributed by atoms with Gasteiger partial charge in [0.15, 0.2) is 0 Å². The maximum Gasteiger partial charge on any atom is 0.272 e. The van der Waals surface area contributed by atoms with Gasteiger partial charge in [0, 0.05) is 17.5 Å². The minimum absolute atomic E-state index is 0.263. The highest BCUT2D eigenvalue weighted by Crippen LogP contribution is 2.58. The molecule has 1 atom stereocenters. The lowest BCUT2D eigenvalue weighted by Gasteiger charge is -2.10. The molecule has 1 saturated carbocycles. The van der Waals surface area contributed by atoms with E-state index in [1.165, 1.54) is 30.5 Å². The van der Waals surface area contributed by atoms with Gasteiger partial charge in [0.25, 0.3) is 5.92 Å². The van der Waals surface area contributed by atoms with Gasteiger partial charge in [-0.15, -0.1) is 0 Å². The van der Waals surface area contributed by atoms with Crippen LogP contribution in [-0.4, -0.2) is 16.1 Å². The van der Waals surface area contributed by atoms with Gasteiger partial charge in [0.1, 0.15) is 11.4 Å². The Morgan fingerprint density at radius 1 is 1.22 bits per heavy atom. The van der Waals surface area contributed by atoms with E-state index < -0.39 is 17.9 Å². The highest BCUT2D eigenvalue weighted by Gasteiger charge is 2.71. The maximum atomic E-state index is 13.3. The van der Waals surface area contributed by atoms with Gasteiger partial charge < -0.3 is 5.73 Å². The third-order valence-electron chi connectivity index (χ3n) is 3.28. The molecular formula is C12H10F3N3.